The van der Waals surface area contributed by atoms with Crippen molar-refractivity contribution < 1.29 is 18.8 Å². The number of carbonyl (C=O) groups excluding carboxylic acids is 2. The number of carbonyl (C=O) groups is 2. The molecular weight excluding hydrogens is 384 g/mol. The predicted octanol–water partition coefficient (Wildman–Crippen LogP) is 3.12. The molecule has 0 aliphatic carbocycles. The molecule has 1 fully saturated rings. The van der Waals surface area contributed by atoms with E-state index in [0.717, 1.165) is 16.3 Å². The van der Waals surface area contributed by atoms with Gasteiger partial charge in [-0.2, -0.15) is 4.98 Å². The molecule has 0 N–H and O–H groups in total. The Hall–Kier alpha value is -3.42. The van der Waals surface area contributed by atoms with E-state index in [2.05, 4.69) is 10.1 Å². The van der Waals surface area contributed by atoms with E-state index in [0.29, 0.717) is 50.9 Å². The highest BCUT2D eigenvalue weighted by Gasteiger charge is 2.25. The molecule has 0 unspecified atom stereocenters. The number of nitrogens with zero attached hydrogens (tertiary/aromatic N) is 4. The van der Waals surface area contributed by atoms with Gasteiger partial charge in [0.25, 0.3) is 0 Å². The lowest BCUT2D eigenvalue weighted by atomic mass is 10.0. The fourth-order valence-corrected chi connectivity index (χ4v) is 3.61. The first kappa shape index (κ1) is 19.9. The number of hydrogen-bond acceptors (Lipinski definition) is 6. The van der Waals surface area contributed by atoms with Crippen LogP contribution in [0.4, 0.5) is 4.79 Å². The summed E-state index contributed by atoms with van der Waals surface area (Å²) in [5.41, 5.74) is 0.907. The fourth-order valence-electron chi connectivity index (χ4n) is 3.61. The van der Waals surface area contributed by atoms with Gasteiger partial charge in [-0.25, -0.2) is 4.79 Å². The van der Waals surface area contributed by atoms with Gasteiger partial charge >= 0.3 is 6.09 Å². The van der Waals surface area contributed by atoms with Gasteiger partial charge in [0.2, 0.25) is 17.6 Å². The van der Waals surface area contributed by atoms with Crippen LogP contribution in [0.3, 0.4) is 0 Å². The number of aryl methyl sites for hydroxylation is 1. The van der Waals surface area contributed by atoms with Crippen LogP contribution in [-0.4, -0.2) is 64.7 Å². The third-order valence-corrected chi connectivity index (χ3v) is 5.21. The highest BCUT2D eigenvalue weighted by Crippen LogP contribution is 2.26. The Bertz CT molecular complexity index is 1040. The van der Waals surface area contributed by atoms with Crippen LogP contribution in [0.1, 0.15) is 19.2 Å². The van der Waals surface area contributed by atoms with Crippen LogP contribution < -0.4 is 0 Å². The third-order valence-electron chi connectivity index (χ3n) is 5.21. The zero-order chi connectivity index (χ0) is 20.9. The molecule has 8 nitrogen and oxygen atoms in total. The van der Waals surface area contributed by atoms with Crippen LogP contribution in [0.25, 0.3) is 22.2 Å². The van der Waals surface area contributed by atoms with Crippen LogP contribution in [-0.2, 0) is 16.0 Å². The van der Waals surface area contributed by atoms with Gasteiger partial charge in [0.1, 0.15) is 0 Å². The average molecular weight is 408 g/mol. The fraction of sp³-hybridized carbons (Fsp3) is 0.364. The van der Waals surface area contributed by atoms with Crippen molar-refractivity contribution in [3.63, 3.8) is 0 Å². The van der Waals surface area contributed by atoms with Crippen LogP contribution >= 0.6 is 0 Å². The number of fused-ring (bicyclic) bond motifs is 1. The third kappa shape index (κ3) is 4.27. The minimum atomic E-state index is -0.323. The summed E-state index contributed by atoms with van der Waals surface area (Å²) in [6.45, 7) is 4.10. The summed E-state index contributed by atoms with van der Waals surface area (Å²) >= 11 is 0. The van der Waals surface area contributed by atoms with E-state index in [1.54, 1.807) is 16.7 Å². The van der Waals surface area contributed by atoms with Crippen molar-refractivity contribution in [1.29, 1.82) is 0 Å². The summed E-state index contributed by atoms with van der Waals surface area (Å²) in [4.78, 5) is 32.2. The summed E-state index contributed by atoms with van der Waals surface area (Å²) in [5, 5.41) is 6.27. The molecule has 1 saturated heterocycles. The zero-order valence-corrected chi connectivity index (χ0v) is 16.9. The second kappa shape index (κ2) is 8.94. The van der Waals surface area contributed by atoms with Gasteiger partial charge < -0.3 is 19.1 Å². The maximum Gasteiger partial charge on any atom is 0.409 e. The largest absolute Gasteiger partial charge is 0.450 e. The lowest BCUT2D eigenvalue weighted by Gasteiger charge is -2.34. The standard InChI is InChI=1S/C22H24N4O4/c1-2-29-22(28)26-14-12-25(13-15-26)20(27)11-10-19-23-21(24-30-19)18-9-5-7-16-6-3-4-8-17(16)18/h3-9H,2,10-15H2,1H3. The van der Waals surface area contributed by atoms with Crippen molar-refractivity contribution in [3.05, 3.63) is 48.4 Å². The number of ether oxygens (including phenoxy) is 1. The summed E-state index contributed by atoms with van der Waals surface area (Å²) < 4.78 is 10.4. The molecule has 0 bridgehead atoms. The molecule has 0 radical (unpaired) electrons. The number of hydrogen-bond donors (Lipinski definition) is 0. The van der Waals surface area contributed by atoms with Crippen LogP contribution in [0, 0.1) is 0 Å². The molecule has 1 aromatic heterocycles. The first-order chi connectivity index (χ1) is 14.7. The highest BCUT2D eigenvalue weighted by molar-refractivity contribution is 5.94. The Morgan fingerprint density at radius 3 is 2.57 bits per heavy atom. The van der Waals surface area contributed by atoms with Crippen LogP contribution in [0.2, 0.25) is 0 Å². The van der Waals surface area contributed by atoms with Crippen LogP contribution in [0.5, 0.6) is 0 Å². The van der Waals surface area contributed by atoms with Gasteiger partial charge in [0, 0.05) is 44.6 Å². The number of benzene rings is 2. The van der Waals surface area contributed by atoms with E-state index >= 15 is 0 Å². The van der Waals surface area contributed by atoms with E-state index in [4.69, 9.17) is 9.26 Å². The molecule has 2 amide bonds. The van der Waals surface area contributed by atoms with Gasteiger partial charge in [-0.1, -0.05) is 47.6 Å². The quantitative estimate of drug-likeness (QED) is 0.644. The van der Waals surface area contributed by atoms with Gasteiger partial charge in [-0.15, -0.1) is 0 Å². The van der Waals surface area contributed by atoms with Crippen LogP contribution in [0.15, 0.2) is 47.0 Å². The molecule has 0 saturated carbocycles. The van der Waals surface area contributed by atoms with Gasteiger partial charge in [0.05, 0.1) is 6.61 Å². The molecule has 1 aliphatic rings. The molecule has 156 valence electrons. The molecular formula is C22H24N4O4. The second-order valence-electron chi connectivity index (χ2n) is 7.11. The average Bonchev–Trinajstić information content (AvgIpc) is 3.26. The molecule has 3 aromatic rings. The first-order valence-corrected chi connectivity index (χ1v) is 10.2. The number of aromatic nitrogens is 2. The Morgan fingerprint density at radius 1 is 1.03 bits per heavy atom. The number of rotatable bonds is 5. The molecule has 2 aromatic carbocycles. The van der Waals surface area contributed by atoms with E-state index < -0.39 is 0 Å². The smallest absolute Gasteiger partial charge is 0.409 e. The molecule has 0 spiro atoms. The molecule has 0 atom stereocenters. The molecule has 2 heterocycles. The van der Waals surface area contributed by atoms with Gasteiger partial charge in [-0.05, 0) is 17.7 Å². The Kier molecular flexibility index (Phi) is 5.92. The van der Waals surface area contributed by atoms with Crippen molar-refractivity contribution in [1.82, 2.24) is 19.9 Å². The Morgan fingerprint density at radius 2 is 1.77 bits per heavy atom. The van der Waals surface area contributed by atoms with E-state index in [-0.39, 0.29) is 18.4 Å². The summed E-state index contributed by atoms with van der Waals surface area (Å²) in [7, 11) is 0. The zero-order valence-electron chi connectivity index (χ0n) is 16.9. The number of amides is 2. The summed E-state index contributed by atoms with van der Waals surface area (Å²) in [5.74, 6) is 0.983. The number of piperazine rings is 1. The maximum atomic E-state index is 12.5. The molecule has 30 heavy (non-hydrogen) atoms. The van der Waals surface area contributed by atoms with E-state index in [9.17, 15) is 9.59 Å². The topological polar surface area (TPSA) is 88.8 Å². The van der Waals surface area contributed by atoms with Gasteiger partial charge in [-0.3, -0.25) is 4.79 Å². The first-order valence-electron chi connectivity index (χ1n) is 10.2. The van der Waals surface area contributed by atoms with Crippen molar-refractivity contribution >= 4 is 22.8 Å². The van der Waals surface area contributed by atoms with Crippen molar-refractivity contribution in [2.75, 3.05) is 32.8 Å². The molecule has 1 aliphatic heterocycles. The molecule has 8 heteroatoms. The summed E-state index contributed by atoms with van der Waals surface area (Å²) in [6.07, 6.45) is 0.349. The van der Waals surface area contributed by atoms with E-state index in [1.165, 1.54) is 0 Å². The Labute approximate surface area is 174 Å². The minimum Gasteiger partial charge on any atom is -0.450 e. The second-order valence-corrected chi connectivity index (χ2v) is 7.11. The Balaban J connectivity index is 1.34. The van der Waals surface area contributed by atoms with Gasteiger partial charge in [0.15, 0.2) is 0 Å². The van der Waals surface area contributed by atoms with E-state index in [1.807, 2.05) is 42.5 Å². The highest BCUT2D eigenvalue weighted by atomic mass is 16.6. The minimum absolute atomic E-state index is 0.0171. The maximum absolute atomic E-state index is 12.5. The SMILES string of the molecule is CCOC(=O)N1CCN(C(=O)CCc2nc(-c3cccc4ccccc34)no2)CC1. The predicted molar refractivity (Wildman–Crippen MR) is 111 cm³/mol. The molecule has 4 rings (SSSR count). The lowest BCUT2D eigenvalue weighted by Crippen LogP contribution is -2.50. The van der Waals surface area contributed by atoms with Crippen molar-refractivity contribution in [3.8, 4) is 11.4 Å². The normalized spacial score (nSPS) is 14.2. The lowest BCUT2D eigenvalue weighted by molar-refractivity contribution is -0.132. The van der Waals surface area contributed by atoms with Crippen molar-refractivity contribution in [2.45, 2.75) is 19.8 Å². The monoisotopic (exact) mass is 408 g/mol. The summed E-state index contributed by atoms with van der Waals surface area (Å²) in [6, 6.07) is 14.0. The van der Waals surface area contributed by atoms with Crippen molar-refractivity contribution in [2.24, 2.45) is 0 Å².